The zero-order valence-electron chi connectivity index (χ0n) is 8.28. The lowest BCUT2D eigenvalue weighted by molar-refractivity contribution is 0.0594. The highest BCUT2D eigenvalue weighted by Crippen LogP contribution is 2.37. The maximum absolute atomic E-state index is 13.1. The van der Waals surface area contributed by atoms with Gasteiger partial charge in [-0.1, -0.05) is 0 Å². The van der Waals surface area contributed by atoms with Crippen molar-refractivity contribution in [1.29, 1.82) is 0 Å². The first-order valence-corrected chi connectivity index (χ1v) is 5.26. The molecule has 0 bridgehead atoms. The van der Waals surface area contributed by atoms with Crippen LogP contribution in [0.2, 0.25) is 0 Å². The number of fused-ring (bicyclic) bond motifs is 1. The monoisotopic (exact) mass is 290 g/mol. The number of halogens is 2. The number of pyridine rings is 1. The van der Waals surface area contributed by atoms with Gasteiger partial charge in [0, 0.05) is 10.7 Å². The largest absolute Gasteiger partial charge is 0.465 e. The van der Waals surface area contributed by atoms with E-state index in [1.165, 1.54) is 6.20 Å². The minimum absolute atomic E-state index is 0.00171. The average Bonchev–Trinajstić information content (AvgIpc) is 2.22. The Hall–Kier alpha value is -1.37. The number of carboxylic acid groups (broad SMARTS) is 1. The molecular weight excluding hydrogens is 283 g/mol. The molecule has 86 valence electrons. The summed E-state index contributed by atoms with van der Waals surface area (Å²) in [6.45, 7) is 1.36. The molecule has 1 N–H and O–H groups in total. The molecule has 1 atom stereocenters. The van der Waals surface area contributed by atoms with Gasteiger partial charge in [-0.3, -0.25) is 4.90 Å². The molecule has 0 fully saturated rings. The number of carbonyl (C=O) groups is 1. The van der Waals surface area contributed by atoms with Crippen LogP contribution in [0.1, 0.15) is 5.56 Å². The Balaban J connectivity index is 2.58. The molecule has 0 aromatic carbocycles. The second-order valence-electron chi connectivity index (χ2n) is 3.31. The van der Waals surface area contributed by atoms with E-state index in [0.717, 1.165) is 4.90 Å². The lowest BCUT2D eigenvalue weighted by Gasteiger charge is -2.29. The molecule has 2 rings (SSSR count). The lowest BCUT2D eigenvalue weighted by atomic mass is 10.2. The van der Waals surface area contributed by atoms with Crippen LogP contribution in [0.4, 0.5) is 14.9 Å². The highest BCUT2D eigenvalue weighted by atomic mass is 79.9. The standard InChI is InChI=1S/C9H8BrFN2O3/c1-4-5(10)2-12-8-7(4)13(9(14)15)3-6(11)16-8/h2,6H,3H2,1H3,(H,14,15). The first kappa shape index (κ1) is 11.1. The summed E-state index contributed by atoms with van der Waals surface area (Å²) < 4.78 is 18.6. The zero-order chi connectivity index (χ0) is 11.9. The first-order valence-electron chi connectivity index (χ1n) is 4.47. The van der Waals surface area contributed by atoms with Crippen LogP contribution in [0.3, 0.4) is 0 Å². The summed E-state index contributed by atoms with van der Waals surface area (Å²) in [6.07, 6.45) is -1.46. The third kappa shape index (κ3) is 1.71. The van der Waals surface area contributed by atoms with Gasteiger partial charge in [-0.15, -0.1) is 0 Å². The second-order valence-corrected chi connectivity index (χ2v) is 4.16. The van der Waals surface area contributed by atoms with E-state index in [-0.39, 0.29) is 18.1 Å². The molecule has 1 aliphatic rings. The Morgan fingerprint density at radius 2 is 2.50 bits per heavy atom. The number of nitrogens with zero attached hydrogens (tertiary/aromatic N) is 2. The van der Waals surface area contributed by atoms with Gasteiger partial charge >= 0.3 is 6.09 Å². The smallest absolute Gasteiger partial charge is 0.412 e. The number of hydrogen-bond donors (Lipinski definition) is 1. The van der Waals surface area contributed by atoms with E-state index >= 15 is 0 Å². The van der Waals surface area contributed by atoms with Crippen molar-refractivity contribution in [2.75, 3.05) is 11.4 Å². The van der Waals surface area contributed by atoms with Crippen LogP contribution < -0.4 is 9.64 Å². The topological polar surface area (TPSA) is 62.7 Å². The number of rotatable bonds is 0. The molecule has 0 spiro atoms. The number of ether oxygens (including phenoxy) is 1. The van der Waals surface area contributed by atoms with Crippen molar-refractivity contribution < 1.29 is 19.0 Å². The molecule has 0 saturated carbocycles. The molecule has 0 radical (unpaired) electrons. The lowest BCUT2D eigenvalue weighted by Crippen LogP contribution is -2.41. The maximum Gasteiger partial charge on any atom is 0.412 e. The zero-order valence-corrected chi connectivity index (χ0v) is 9.86. The fraction of sp³-hybridized carbons (Fsp3) is 0.333. The summed E-state index contributed by atoms with van der Waals surface area (Å²) in [4.78, 5) is 15.7. The predicted octanol–water partition coefficient (Wildman–Crippen LogP) is 2.32. The Bertz CT molecular complexity index is 455. The minimum Gasteiger partial charge on any atom is -0.465 e. The molecule has 1 unspecified atom stereocenters. The molecule has 0 aliphatic carbocycles. The van der Waals surface area contributed by atoms with Crippen LogP contribution in [-0.4, -0.2) is 29.1 Å². The van der Waals surface area contributed by atoms with Gasteiger partial charge < -0.3 is 9.84 Å². The number of amides is 1. The van der Waals surface area contributed by atoms with E-state index < -0.39 is 12.5 Å². The van der Waals surface area contributed by atoms with E-state index in [1.807, 2.05) is 0 Å². The van der Waals surface area contributed by atoms with Crippen LogP contribution in [-0.2, 0) is 0 Å². The molecule has 0 saturated heterocycles. The van der Waals surface area contributed by atoms with Gasteiger partial charge in [0.15, 0.2) is 0 Å². The Morgan fingerprint density at radius 1 is 1.81 bits per heavy atom. The molecule has 5 nitrogen and oxygen atoms in total. The van der Waals surface area contributed by atoms with E-state index in [0.29, 0.717) is 10.0 Å². The van der Waals surface area contributed by atoms with Crippen molar-refractivity contribution >= 4 is 27.7 Å². The number of aromatic nitrogens is 1. The van der Waals surface area contributed by atoms with Crippen LogP contribution in [0.5, 0.6) is 5.88 Å². The maximum atomic E-state index is 13.1. The van der Waals surface area contributed by atoms with Gasteiger partial charge in [0.05, 0.1) is 6.54 Å². The number of alkyl halides is 1. The number of hydrogen-bond acceptors (Lipinski definition) is 3. The Morgan fingerprint density at radius 3 is 3.12 bits per heavy atom. The van der Waals surface area contributed by atoms with Gasteiger partial charge in [0.25, 0.3) is 6.36 Å². The Kier molecular flexibility index (Phi) is 2.71. The first-order chi connectivity index (χ1) is 7.50. The van der Waals surface area contributed by atoms with Crippen LogP contribution in [0, 0.1) is 6.92 Å². The molecular formula is C9H8BrFN2O3. The van der Waals surface area contributed by atoms with Crippen LogP contribution in [0.15, 0.2) is 10.7 Å². The van der Waals surface area contributed by atoms with Crippen molar-refractivity contribution in [3.8, 4) is 5.88 Å². The van der Waals surface area contributed by atoms with Crippen molar-refractivity contribution in [2.45, 2.75) is 13.3 Å². The van der Waals surface area contributed by atoms with E-state index in [1.54, 1.807) is 6.92 Å². The molecule has 1 aliphatic heterocycles. The summed E-state index contributed by atoms with van der Waals surface area (Å²) in [7, 11) is 0. The molecule has 1 aromatic rings. The van der Waals surface area contributed by atoms with Crippen molar-refractivity contribution in [1.82, 2.24) is 4.98 Å². The fourth-order valence-corrected chi connectivity index (χ4v) is 1.81. The summed E-state index contributed by atoms with van der Waals surface area (Å²) >= 11 is 3.23. The molecule has 2 heterocycles. The van der Waals surface area contributed by atoms with E-state index in [2.05, 4.69) is 20.9 Å². The van der Waals surface area contributed by atoms with Crippen molar-refractivity contribution in [3.63, 3.8) is 0 Å². The minimum atomic E-state index is -1.68. The predicted molar refractivity (Wildman–Crippen MR) is 57.6 cm³/mol. The van der Waals surface area contributed by atoms with Gasteiger partial charge in [-0.05, 0) is 28.4 Å². The van der Waals surface area contributed by atoms with Gasteiger partial charge in [-0.2, -0.15) is 4.39 Å². The Labute approximate surface area is 99.0 Å². The van der Waals surface area contributed by atoms with Crippen molar-refractivity contribution in [2.24, 2.45) is 0 Å². The van der Waals surface area contributed by atoms with Gasteiger partial charge in [0.1, 0.15) is 5.69 Å². The van der Waals surface area contributed by atoms with Gasteiger partial charge in [-0.25, -0.2) is 9.78 Å². The number of anilines is 1. The normalized spacial score (nSPS) is 18.9. The van der Waals surface area contributed by atoms with Crippen LogP contribution >= 0.6 is 15.9 Å². The summed E-state index contributed by atoms with van der Waals surface area (Å²) in [5, 5.41) is 8.98. The highest BCUT2D eigenvalue weighted by Gasteiger charge is 2.32. The third-order valence-corrected chi connectivity index (χ3v) is 3.08. The summed E-state index contributed by atoms with van der Waals surface area (Å²) in [6, 6.07) is 0. The third-order valence-electron chi connectivity index (χ3n) is 2.28. The van der Waals surface area contributed by atoms with Gasteiger partial charge in [0.2, 0.25) is 5.88 Å². The molecule has 1 amide bonds. The average molecular weight is 291 g/mol. The summed E-state index contributed by atoms with van der Waals surface area (Å²) in [5.74, 6) is 0.00171. The molecule has 16 heavy (non-hydrogen) atoms. The van der Waals surface area contributed by atoms with E-state index in [4.69, 9.17) is 9.84 Å². The second kappa shape index (κ2) is 3.89. The highest BCUT2D eigenvalue weighted by molar-refractivity contribution is 9.10. The molecule has 7 heteroatoms. The quantitative estimate of drug-likeness (QED) is 0.796. The summed E-state index contributed by atoms with van der Waals surface area (Å²) in [5.41, 5.74) is 0.940. The SMILES string of the molecule is Cc1c(Br)cnc2c1N(C(=O)O)CC(F)O2. The van der Waals surface area contributed by atoms with E-state index in [9.17, 15) is 9.18 Å². The van der Waals surface area contributed by atoms with Crippen LogP contribution in [0.25, 0.3) is 0 Å². The van der Waals surface area contributed by atoms with Crippen molar-refractivity contribution in [3.05, 3.63) is 16.2 Å². The fourth-order valence-electron chi connectivity index (χ4n) is 1.52. The molecule has 1 aromatic heterocycles.